The molecule has 3 aliphatic rings. The molecule has 3 heterocycles. The van der Waals surface area contributed by atoms with Crippen LogP contribution in [0.3, 0.4) is 0 Å². The molecule has 2 aromatic rings. The number of carbonyl (C=O) groups excluding carboxylic acids is 2. The normalized spacial score (nSPS) is 22.0. The zero-order valence-corrected chi connectivity index (χ0v) is 15.2. The summed E-state index contributed by atoms with van der Waals surface area (Å²) < 4.78 is 5.81. The molecule has 0 radical (unpaired) electrons. The highest BCUT2D eigenvalue weighted by molar-refractivity contribution is 6.19. The van der Waals surface area contributed by atoms with E-state index in [2.05, 4.69) is 15.3 Å². The molecule has 1 aromatic carbocycles. The summed E-state index contributed by atoms with van der Waals surface area (Å²) in [6.07, 6.45) is 1.12. The van der Waals surface area contributed by atoms with Gasteiger partial charge in [0, 0.05) is 36.2 Å². The second-order valence-corrected chi connectivity index (χ2v) is 7.20. The number of non-ortho nitro benzene ring substituents is 1. The van der Waals surface area contributed by atoms with Gasteiger partial charge in [0.05, 0.1) is 10.5 Å². The van der Waals surface area contributed by atoms with Crippen molar-refractivity contribution in [2.75, 3.05) is 5.32 Å². The topological polar surface area (TPSA) is 144 Å². The van der Waals surface area contributed by atoms with Gasteiger partial charge in [-0.1, -0.05) is 0 Å². The van der Waals surface area contributed by atoms with E-state index in [1.54, 1.807) is 6.92 Å². The molecule has 0 saturated heterocycles. The van der Waals surface area contributed by atoms with Crippen LogP contribution in [0.2, 0.25) is 0 Å². The van der Waals surface area contributed by atoms with Gasteiger partial charge in [0.2, 0.25) is 11.8 Å². The summed E-state index contributed by atoms with van der Waals surface area (Å²) in [6, 6.07) is 3.89. The van der Waals surface area contributed by atoms with Crippen molar-refractivity contribution in [2.24, 2.45) is 0 Å². The third-order valence-electron chi connectivity index (χ3n) is 5.55. The van der Waals surface area contributed by atoms with Crippen LogP contribution in [0.15, 0.2) is 34.3 Å². The van der Waals surface area contributed by atoms with Crippen LogP contribution in [0.5, 0.6) is 5.88 Å². The molecule has 1 amide bonds. The maximum atomic E-state index is 13.4. The summed E-state index contributed by atoms with van der Waals surface area (Å²) in [4.78, 5) is 56.9. The van der Waals surface area contributed by atoms with Crippen molar-refractivity contribution in [1.29, 1.82) is 0 Å². The number of ether oxygens (including phenoxy) is 1. The Bertz CT molecular complexity index is 1240. The van der Waals surface area contributed by atoms with Gasteiger partial charge in [-0.2, -0.15) is 4.98 Å². The molecule has 1 aromatic heterocycles. The minimum absolute atomic E-state index is 0.0594. The summed E-state index contributed by atoms with van der Waals surface area (Å²) in [6.45, 7) is 1.57. The predicted molar refractivity (Wildman–Crippen MR) is 98.6 cm³/mol. The first-order valence-electron chi connectivity index (χ1n) is 9.00. The first-order valence-corrected chi connectivity index (χ1v) is 9.00. The number of ketones is 1. The SMILES string of the molecule is Cc1nc2c(c(=O)[nH]1)C1(C(=O)Nc3ccc([N+](=O)[O-])cc31)C1=C(CCCC1=O)O2. The zero-order valence-electron chi connectivity index (χ0n) is 15.2. The van der Waals surface area contributed by atoms with E-state index in [0.29, 0.717) is 18.5 Å². The highest BCUT2D eigenvalue weighted by Crippen LogP contribution is 2.54. The first kappa shape index (κ1) is 17.3. The lowest BCUT2D eigenvalue weighted by atomic mass is 9.65. The lowest BCUT2D eigenvalue weighted by Crippen LogP contribution is -2.48. The Morgan fingerprint density at radius 2 is 2.03 bits per heavy atom. The van der Waals surface area contributed by atoms with Gasteiger partial charge in [0.15, 0.2) is 5.78 Å². The van der Waals surface area contributed by atoms with Crippen molar-refractivity contribution >= 4 is 23.1 Å². The maximum Gasteiger partial charge on any atom is 0.269 e. The molecule has 5 rings (SSSR count). The Morgan fingerprint density at radius 1 is 1.24 bits per heavy atom. The minimum atomic E-state index is -1.84. The molecule has 0 saturated carbocycles. The summed E-state index contributed by atoms with van der Waals surface area (Å²) in [5, 5.41) is 14.1. The highest BCUT2D eigenvalue weighted by atomic mass is 16.6. The van der Waals surface area contributed by atoms with Crippen molar-refractivity contribution in [3.63, 3.8) is 0 Å². The number of nitro benzene ring substituents is 1. The van der Waals surface area contributed by atoms with Crippen molar-refractivity contribution < 1.29 is 19.2 Å². The number of aromatic nitrogens is 2. The second kappa shape index (κ2) is 5.60. The fraction of sp³-hybridized carbons (Fsp3) is 0.263. The number of aromatic amines is 1. The third kappa shape index (κ3) is 2.10. The Labute approximate surface area is 162 Å². The predicted octanol–water partition coefficient (Wildman–Crippen LogP) is 1.62. The average Bonchev–Trinajstić information content (AvgIpc) is 2.93. The standard InChI is InChI=1S/C19H14N4O6/c1-8-20-16(25)15-17(21-8)29-13-4-2-3-12(24)14(13)19(15)10-7-9(23(27)28)5-6-11(10)22-18(19)26/h5-7H,2-4H2,1H3,(H,22,26)(H,20,21,25). The van der Waals surface area contributed by atoms with Crippen LogP contribution in [0, 0.1) is 17.0 Å². The van der Waals surface area contributed by atoms with E-state index in [0.717, 1.165) is 0 Å². The largest absolute Gasteiger partial charge is 0.442 e. The van der Waals surface area contributed by atoms with E-state index >= 15 is 0 Å². The van der Waals surface area contributed by atoms with Gasteiger partial charge in [-0.05, 0) is 19.4 Å². The van der Waals surface area contributed by atoms with Gasteiger partial charge in [-0.3, -0.25) is 24.5 Å². The molecular formula is C19H14N4O6. The molecule has 1 aliphatic carbocycles. The molecule has 0 bridgehead atoms. The number of Topliss-reactive ketones (excluding diaryl/α,β-unsaturated/α-hetero) is 1. The number of aryl methyl sites for hydroxylation is 1. The van der Waals surface area contributed by atoms with Gasteiger partial charge in [-0.25, -0.2) is 0 Å². The smallest absolute Gasteiger partial charge is 0.269 e. The Hall–Kier alpha value is -3.82. The monoisotopic (exact) mass is 394 g/mol. The van der Waals surface area contributed by atoms with E-state index in [1.807, 2.05) is 0 Å². The van der Waals surface area contributed by atoms with E-state index in [9.17, 15) is 24.5 Å². The molecule has 146 valence electrons. The lowest BCUT2D eigenvalue weighted by Gasteiger charge is -2.37. The Balaban J connectivity index is 1.95. The van der Waals surface area contributed by atoms with E-state index in [-0.39, 0.29) is 52.1 Å². The van der Waals surface area contributed by atoms with E-state index in [1.165, 1.54) is 18.2 Å². The number of rotatable bonds is 1. The van der Waals surface area contributed by atoms with Gasteiger partial charge in [0.1, 0.15) is 22.6 Å². The second-order valence-electron chi connectivity index (χ2n) is 7.20. The maximum absolute atomic E-state index is 13.4. The molecule has 2 N–H and O–H groups in total. The minimum Gasteiger partial charge on any atom is -0.442 e. The van der Waals surface area contributed by atoms with Crippen LogP contribution in [0.1, 0.15) is 36.2 Å². The fourth-order valence-electron chi connectivity index (χ4n) is 4.44. The quantitative estimate of drug-likeness (QED) is 0.552. The van der Waals surface area contributed by atoms with Crippen molar-refractivity contribution in [1.82, 2.24) is 9.97 Å². The van der Waals surface area contributed by atoms with Crippen LogP contribution in [0.4, 0.5) is 11.4 Å². The number of nitrogens with zero attached hydrogens (tertiary/aromatic N) is 2. The lowest BCUT2D eigenvalue weighted by molar-refractivity contribution is -0.384. The fourth-order valence-corrected chi connectivity index (χ4v) is 4.44. The first-order chi connectivity index (χ1) is 13.8. The Kier molecular flexibility index (Phi) is 3.34. The van der Waals surface area contributed by atoms with Crippen LogP contribution in [-0.2, 0) is 15.0 Å². The van der Waals surface area contributed by atoms with Crippen LogP contribution >= 0.6 is 0 Å². The number of benzene rings is 1. The highest BCUT2D eigenvalue weighted by Gasteiger charge is 2.60. The summed E-state index contributed by atoms with van der Waals surface area (Å²) in [5.41, 5.74) is -2.31. The number of H-pyrrole nitrogens is 1. The number of anilines is 1. The van der Waals surface area contributed by atoms with Crippen molar-refractivity contribution in [2.45, 2.75) is 31.6 Å². The zero-order chi connectivity index (χ0) is 20.5. The number of hydrogen-bond acceptors (Lipinski definition) is 7. The van der Waals surface area contributed by atoms with Crippen molar-refractivity contribution in [3.05, 3.63) is 67.0 Å². The molecule has 1 spiro atoms. The number of amides is 1. The molecule has 29 heavy (non-hydrogen) atoms. The Morgan fingerprint density at radius 3 is 2.79 bits per heavy atom. The summed E-state index contributed by atoms with van der Waals surface area (Å²) in [7, 11) is 0. The van der Waals surface area contributed by atoms with Gasteiger partial charge >= 0.3 is 0 Å². The number of nitro groups is 1. The van der Waals surface area contributed by atoms with Gasteiger partial charge in [0.25, 0.3) is 11.2 Å². The number of hydrogen-bond donors (Lipinski definition) is 2. The van der Waals surface area contributed by atoms with Gasteiger partial charge in [-0.15, -0.1) is 0 Å². The van der Waals surface area contributed by atoms with E-state index in [4.69, 9.17) is 4.74 Å². The number of allylic oxidation sites excluding steroid dienone is 1. The molecule has 10 heteroatoms. The van der Waals surface area contributed by atoms with Crippen LogP contribution in [-0.4, -0.2) is 26.6 Å². The molecule has 0 fully saturated rings. The van der Waals surface area contributed by atoms with Crippen LogP contribution < -0.4 is 15.6 Å². The number of carbonyl (C=O) groups is 2. The summed E-state index contributed by atoms with van der Waals surface area (Å²) in [5.74, 6) is -0.453. The third-order valence-corrected chi connectivity index (χ3v) is 5.55. The van der Waals surface area contributed by atoms with Crippen molar-refractivity contribution in [3.8, 4) is 5.88 Å². The molecule has 10 nitrogen and oxygen atoms in total. The van der Waals surface area contributed by atoms with Gasteiger partial charge < -0.3 is 15.0 Å². The number of fused-ring (bicyclic) bond motifs is 5. The molecular weight excluding hydrogens is 380 g/mol. The molecule has 2 aliphatic heterocycles. The molecule has 1 unspecified atom stereocenters. The average molecular weight is 394 g/mol. The molecule has 1 atom stereocenters. The van der Waals surface area contributed by atoms with E-state index < -0.39 is 21.8 Å². The van der Waals surface area contributed by atoms with Crippen LogP contribution in [0.25, 0.3) is 0 Å². The number of nitrogens with one attached hydrogen (secondary N) is 2. The summed E-state index contributed by atoms with van der Waals surface area (Å²) >= 11 is 0.